The Labute approximate surface area is 128 Å². The van der Waals surface area contributed by atoms with Crippen molar-refractivity contribution in [2.24, 2.45) is 0 Å². The Morgan fingerprint density at radius 3 is 2.55 bits per heavy atom. The van der Waals surface area contributed by atoms with E-state index in [9.17, 15) is 20.0 Å². The van der Waals surface area contributed by atoms with Crippen molar-refractivity contribution in [2.45, 2.75) is 45.1 Å². The number of nitrogens with zero attached hydrogens (tertiary/aromatic N) is 1. The van der Waals surface area contributed by atoms with Crippen molar-refractivity contribution in [3.63, 3.8) is 0 Å². The van der Waals surface area contributed by atoms with E-state index < -0.39 is 16.5 Å². The number of aryl methyl sites for hydroxylation is 1. The Hall–Kier alpha value is -2.15. The number of urea groups is 1. The maximum atomic E-state index is 12.2. The molecule has 2 amide bonds. The average Bonchev–Trinajstić information content (AvgIpc) is 2.92. The van der Waals surface area contributed by atoms with Crippen molar-refractivity contribution >= 4 is 17.4 Å². The van der Waals surface area contributed by atoms with Gasteiger partial charge in [0.25, 0.3) is 5.69 Å². The Morgan fingerprint density at radius 1 is 1.36 bits per heavy atom. The van der Waals surface area contributed by atoms with E-state index in [-0.39, 0.29) is 12.3 Å². The molecule has 1 aromatic rings. The summed E-state index contributed by atoms with van der Waals surface area (Å²) in [7, 11) is 0. The summed E-state index contributed by atoms with van der Waals surface area (Å²) >= 11 is 0. The molecule has 0 saturated heterocycles. The lowest BCUT2D eigenvalue weighted by atomic mass is 9.99. The second-order valence-electron chi connectivity index (χ2n) is 5.88. The van der Waals surface area contributed by atoms with Gasteiger partial charge in [-0.1, -0.05) is 18.9 Å². The van der Waals surface area contributed by atoms with Gasteiger partial charge in [0, 0.05) is 6.07 Å². The highest BCUT2D eigenvalue weighted by Gasteiger charge is 2.34. The third-order valence-electron chi connectivity index (χ3n) is 4.32. The third kappa shape index (κ3) is 3.19. The number of aliphatic hydroxyl groups is 1. The Bertz CT molecular complexity index is 595. The molecule has 1 fully saturated rings. The van der Waals surface area contributed by atoms with E-state index in [0.29, 0.717) is 11.3 Å². The minimum absolute atomic E-state index is 0.0290. The Morgan fingerprint density at radius 2 is 2.00 bits per heavy atom. The molecule has 0 unspecified atom stereocenters. The topological polar surface area (TPSA) is 105 Å². The van der Waals surface area contributed by atoms with Crippen LogP contribution in [0.2, 0.25) is 0 Å². The number of benzene rings is 1. The molecule has 1 saturated carbocycles. The van der Waals surface area contributed by atoms with E-state index in [1.54, 1.807) is 19.9 Å². The van der Waals surface area contributed by atoms with Gasteiger partial charge < -0.3 is 15.7 Å². The average molecular weight is 307 g/mol. The zero-order valence-electron chi connectivity index (χ0n) is 12.8. The van der Waals surface area contributed by atoms with Gasteiger partial charge in [0.2, 0.25) is 0 Å². The van der Waals surface area contributed by atoms with Crippen LogP contribution in [0.3, 0.4) is 0 Å². The number of carbonyl (C=O) groups is 1. The minimum Gasteiger partial charge on any atom is -0.394 e. The fourth-order valence-electron chi connectivity index (χ4n) is 2.99. The van der Waals surface area contributed by atoms with Gasteiger partial charge in [0.05, 0.1) is 28.3 Å². The zero-order chi connectivity index (χ0) is 16.3. The van der Waals surface area contributed by atoms with Gasteiger partial charge >= 0.3 is 6.03 Å². The first-order chi connectivity index (χ1) is 10.4. The molecule has 0 spiro atoms. The van der Waals surface area contributed by atoms with Crippen molar-refractivity contribution in [2.75, 3.05) is 11.9 Å². The maximum absolute atomic E-state index is 12.2. The quantitative estimate of drug-likeness (QED) is 0.587. The lowest BCUT2D eigenvalue weighted by molar-refractivity contribution is -0.385. The summed E-state index contributed by atoms with van der Waals surface area (Å²) in [6.45, 7) is 3.29. The predicted octanol–water partition coefficient (Wildman–Crippen LogP) is 2.64. The van der Waals surface area contributed by atoms with E-state index in [0.717, 1.165) is 31.2 Å². The molecule has 120 valence electrons. The number of nitrogens with one attached hydrogen (secondary N) is 2. The highest BCUT2D eigenvalue weighted by molar-refractivity contribution is 5.92. The first-order valence-corrected chi connectivity index (χ1v) is 7.33. The zero-order valence-corrected chi connectivity index (χ0v) is 12.8. The molecule has 0 bridgehead atoms. The lowest BCUT2D eigenvalue weighted by Crippen LogP contribution is -2.50. The van der Waals surface area contributed by atoms with Crippen LogP contribution in [0, 0.1) is 24.0 Å². The molecule has 7 heteroatoms. The molecule has 0 heterocycles. The van der Waals surface area contributed by atoms with Crippen LogP contribution in [-0.4, -0.2) is 28.2 Å². The normalized spacial score (nSPS) is 16.3. The van der Waals surface area contributed by atoms with Crippen LogP contribution < -0.4 is 10.6 Å². The second kappa shape index (κ2) is 6.31. The van der Waals surface area contributed by atoms with E-state index in [2.05, 4.69) is 10.6 Å². The monoisotopic (exact) mass is 307 g/mol. The molecule has 1 aliphatic rings. The molecular weight excluding hydrogens is 286 g/mol. The van der Waals surface area contributed by atoms with Crippen molar-refractivity contribution in [3.8, 4) is 0 Å². The van der Waals surface area contributed by atoms with Crippen molar-refractivity contribution in [3.05, 3.63) is 33.4 Å². The first-order valence-electron chi connectivity index (χ1n) is 7.33. The van der Waals surface area contributed by atoms with E-state index >= 15 is 0 Å². The standard InChI is InChI=1S/C15H21N3O4/c1-10-5-6-12(18(21)22)11(2)13(10)16-14(20)17-15(9-19)7-3-4-8-15/h5-6,19H,3-4,7-9H2,1-2H3,(H2,16,17,20). The van der Waals surface area contributed by atoms with E-state index in [4.69, 9.17) is 0 Å². The van der Waals surface area contributed by atoms with Crippen molar-refractivity contribution < 1.29 is 14.8 Å². The van der Waals surface area contributed by atoms with Gasteiger partial charge in [-0.3, -0.25) is 10.1 Å². The predicted molar refractivity (Wildman–Crippen MR) is 83.0 cm³/mol. The summed E-state index contributed by atoms with van der Waals surface area (Å²) in [5, 5.41) is 26.0. The van der Waals surface area contributed by atoms with Gasteiger partial charge in [0.15, 0.2) is 0 Å². The largest absolute Gasteiger partial charge is 0.394 e. The van der Waals surface area contributed by atoms with Gasteiger partial charge in [-0.25, -0.2) is 4.79 Å². The summed E-state index contributed by atoms with van der Waals surface area (Å²) in [5.41, 5.74) is 1.01. The fraction of sp³-hybridized carbons (Fsp3) is 0.533. The molecule has 0 atom stereocenters. The molecule has 1 aliphatic carbocycles. The Kier molecular flexibility index (Phi) is 4.65. The van der Waals surface area contributed by atoms with Crippen LogP contribution in [0.25, 0.3) is 0 Å². The molecule has 0 radical (unpaired) electrons. The van der Waals surface area contributed by atoms with Crippen LogP contribution in [0.1, 0.15) is 36.8 Å². The minimum atomic E-state index is -0.577. The highest BCUT2D eigenvalue weighted by Crippen LogP contribution is 2.31. The number of nitro benzene ring substituents is 1. The number of hydrogen-bond donors (Lipinski definition) is 3. The molecule has 1 aromatic carbocycles. The molecule has 7 nitrogen and oxygen atoms in total. The summed E-state index contributed by atoms with van der Waals surface area (Å²) in [6.07, 6.45) is 3.42. The SMILES string of the molecule is Cc1ccc([N+](=O)[O-])c(C)c1NC(=O)NC1(CO)CCCC1. The summed E-state index contributed by atoms with van der Waals surface area (Å²) < 4.78 is 0. The van der Waals surface area contributed by atoms with E-state index in [1.165, 1.54) is 6.07 Å². The number of hydrogen-bond acceptors (Lipinski definition) is 4. The summed E-state index contributed by atoms with van der Waals surface area (Å²) in [5.74, 6) is 0. The maximum Gasteiger partial charge on any atom is 0.319 e. The van der Waals surface area contributed by atoms with Gasteiger partial charge in [-0.05, 0) is 32.3 Å². The molecular formula is C15H21N3O4. The molecule has 22 heavy (non-hydrogen) atoms. The lowest BCUT2D eigenvalue weighted by Gasteiger charge is -2.28. The van der Waals surface area contributed by atoms with Gasteiger partial charge in [-0.15, -0.1) is 0 Å². The summed E-state index contributed by atoms with van der Waals surface area (Å²) in [4.78, 5) is 22.7. The van der Waals surface area contributed by atoms with Crippen molar-refractivity contribution in [1.29, 1.82) is 0 Å². The second-order valence-corrected chi connectivity index (χ2v) is 5.88. The molecule has 0 aromatic heterocycles. The highest BCUT2D eigenvalue weighted by atomic mass is 16.6. The fourth-order valence-corrected chi connectivity index (χ4v) is 2.99. The number of rotatable bonds is 4. The van der Waals surface area contributed by atoms with Crippen molar-refractivity contribution in [1.82, 2.24) is 5.32 Å². The molecule has 2 rings (SSSR count). The smallest absolute Gasteiger partial charge is 0.319 e. The summed E-state index contributed by atoms with van der Waals surface area (Å²) in [6, 6.07) is 2.60. The van der Waals surface area contributed by atoms with Crippen LogP contribution in [-0.2, 0) is 0 Å². The van der Waals surface area contributed by atoms with E-state index in [1.807, 2.05) is 0 Å². The van der Waals surface area contributed by atoms with Crippen LogP contribution in [0.15, 0.2) is 12.1 Å². The number of amides is 2. The number of aliphatic hydroxyl groups excluding tert-OH is 1. The molecule has 3 N–H and O–H groups in total. The number of carbonyl (C=O) groups excluding carboxylic acids is 1. The number of nitro groups is 1. The van der Waals surface area contributed by atoms with Crippen LogP contribution in [0.5, 0.6) is 0 Å². The van der Waals surface area contributed by atoms with Crippen LogP contribution >= 0.6 is 0 Å². The molecule has 0 aliphatic heterocycles. The third-order valence-corrected chi connectivity index (χ3v) is 4.32. The van der Waals surface area contributed by atoms with Gasteiger partial charge in [0.1, 0.15) is 0 Å². The van der Waals surface area contributed by atoms with Gasteiger partial charge in [-0.2, -0.15) is 0 Å². The Balaban J connectivity index is 2.18. The number of anilines is 1. The first kappa shape index (κ1) is 16.2. The van der Waals surface area contributed by atoms with Crippen LogP contribution in [0.4, 0.5) is 16.2 Å².